The minimum atomic E-state index is 0.284. The Morgan fingerprint density at radius 2 is 2.11 bits per heavy atom. The van der Waals surface area contributed by atoms with Crippen molar-refractivity contribution in [2.24, 2.45) is 5.92 Å². The van der Waals surface area contributed by atoms with E-state index in [0.717, 1.165) is 49.5 Å². The van der Waals surface area contributed by atoms with Crippen molar-refractivity contribution in [2.45, 2.75) is 57.4 Å². The number of pyridine rings is 1. The molecule has 146 valence electrons. The van der Waals surface area contributed by atoms with E-state index >= 15 is 0 Å². The van der Waals surface area contributed by atoms with Crippen molar-refractivity contribution in [1.82, 2.24) is 19.4 Å². The van der Waals surface area contributed by atoms with E-state index in [2.05, 4.69) is 14.5 Å². The monoisotopic (exact) mass is 370 g/mol. The van der Waals surface area contributed by atoms with Gasteiger partial charge < -0.3 is 14.2 Å². The number of nitrogens with zero attached hydrogens (tertiary/aromatic N) is 4. The van der Waals surface area contributed by atoms with Crippen molar-refractivity contribution in [3.63, 3.8) is 0 Å². The van der Waals surface area contributed by atoms with Crippen LogP contribution < -0.4 is 0 Å². The topological polar surface area (TPSA) is 60.2 Å². The fourth-order valence-corrected chi connectivity index (χ4v) is 4.66. The Balaban J connectivity index is 1.47. The molecule has 2 aliphatic rings. The molecular formula is C21H30N4O2. The van der Waals surface area contributed by atoms with Gasteiger partial charge in [0.25, 0.3) is 0 Å². The van der Waals surface area contributed by atoms with Crippen LogP contribution in [0.2, 0.25) is 0 Å². The molecule has 0 bridgehead atoms. The number of hydrogen-bond donors (Lipinski definition) is 0. The third kappa shape index (κ3) is 4.00. The molecule has 2 aromatic heterocycles. The predicted molar refractivity (Wildman–Crippen MR) is 105 cm³/mol. The summed E-state index contributed by atoms with van der Waals surface area (Å²) >= 11 is 0. The summed E-state index contributed by atoms with van der Waals surface area (Å²) in [5, 5.41) is 0. The summed E-state index contributed by atoms with van der Waals surface area (Å²) in [7, 11) is 1.72. The first kappa shape index (κ1) is 18.4. The highest BCUT2D eigenvalue weighted by atomic mass is 16.5. The molecule has 0 unspecified atom stereocenters. The zero-order chi connectivity index (χ0) is 18.6. The highest BCUT2D eigenvalue weighted by Crippen LogP contribution is 2.31. The second-order valence-corrected chi connectivity index (χ2v) is 7.99. The average Bonchev–Trinajstić information content (AvgIpc) is 3.32. The Labute approximate surface area is 160 Å². The van der Waals surface area contributed by atoms with Crippen LogP contribution in [0.1, 0.15) is 56.7 Å². The van der Waals surface area contributed by atoms with Gasteiger partial charge in [-0.25, -0.2) is 9.97 Å². The Kier molecular flexibility index (Phi) is 5.72. The maximum Gasteiger partial charge on any atom is 0.222 e. The number of aromatic nitrogens is 3. The maximum absolute atomic E-state index is 12.8. The third-order valence-corrected chi connectivity index (χ3v) is 6.15. The minimum Gasteiger partial charge on any atom is -0.383 e. The standard InChI is InChI=1S/C21H30N4O2/c1-27-13-12-25-20(23-18-8-5-10-22-21(18)25)17-9-11-24(15-17)19(26)14-16-6-3-2-4-7-16/h5,8,10,16-17H,2-4,6-7,9,11-15H2,1H3/t17-/m0/s1. The molecule has 4 rings (SSSR count). The highest BCUT2D eigenvalue weighted by Gasteiger charge is 2.32. The van der Waals surface area contributed by atoms with Crippen LogP contribution in [0.5, 0.6) is 0 Å². The lowest BCUT2D eigenvalue weighted by Crippen LogP contribution is -2.30. The van der Waals surface area contributed by atoms with Crippen molar-refractivity contribution in [3.05, 3.63) is 24.2 Å². The summed E-state index contributed by atoms with van der Waals surface area (Å²) < 4.78 is 7.46. The molecule has 6 nitrogen and oxygen atoms in total. The normalized spacial score (nSPS) is 21.2. The van der Waals surface area contributed by atoms with Crippen LogP contribution in [0.4, 0.5) is 0 Å². The van der Waals surface area contributed by atoms with Crippen LogP contribution in [0.3, 0.4) is 0 Å². The first-order valence-electron chi connectivity index (χ1n) is 10.3. The number of fused-ring (bicyclic) bond motifs is 1. The second kappa shape index (κ2) is 8.38. The molecule has 3 heterocycles. The maximum atomic E-state index is 12.8. The van der Waals surface area contributed by atoms with Crippen LogP contribution in [0.15, 0.2) is 18.3 Å². The van der Waals surface area contributed by atoms with E-state index in [9.17, 15) is 4.79 Å². The molecule has 2 fully saturated rings. The summed E-state index contributed by atoms with van der Waals surface area (Å²) in [4.78, 5) is 24.2. The number of ether oxygens (including phenoxy) is 1. The lowest BCUT2D eigenvalue weighted by Gasteiger charge is -2.24. The molecule has 1 amide bonds. The fourth-order valence-electron chi connectivity index (χ4n) is 4.66. The van der Waals surface area contributed by atoms with Crippen molar-refractivity contribution in [2.75, 3.05) is 26.8 Å². The molecule has 1 aliphatic heterocycles. The van der Waals surface area contributed by atoms with Crippen LogP contribution >= 0.6 is 0 Å². The molecule has 1 aliphatic carbocycles. The molecule has 2 aromatic rings. The van der Waals surface area contributed by atoms with Crippen molar-refractivity contribution < 1.29 is 9.53 Å². The van der Waals surface area contributed by atoms with Gasteiger partial charge in [0.2, 0.25) is 5.91 Å². The number of amides is 1. The van der Waals surface area contributed by atoms with Gasteiger partial charge in [0.05, 0.1) is 6.61 Å². The van der Waals surface area contributed by atoms with Crippen LogP contribution in [0.25, 0.3) is 11.2 Å². The quantitative estimate of drug-likeness (QED) is 0.782. The fraction of sp³-hybridized carbons (Fsp3) is 0.667. The highest BCUT2D eigenvalue weighted by molar-refractivity contribution is 5.77. The van der Waals surface area contributed by atoms with E-state index in [4.69, 9.17) is 9.72 Å². The van der Waals surface area contributed by atoms with E-state index in [1.807, 2.05) is 18.3 Å². The molecule has 1 saturated carbocycles. The third-order valence-electron chi connectivity index (χ3n) is 6.15. The van der Waals surface area contributed by atoms with E-state index in [0.29, 0.717) is 18.4 Å². The number of methoxy groups -OCH3 is 1. The minimum absolute atomic E-state index is 0.284. The molecule has 0 spiro atoms. The van der Waals surface area contributed by atoms with E-state index in [1.165, 1.54) is 32.1 Å². The van der Waals surface area contributed by atoms with Gasteiger partial charge in [-0.3, -0.25) is 4.79 Å². The number of imidazole rings is 1. The van der Waals surface area contributed by atoms with Crippen LogP contribution in [0, 0.1) is 5.92 Å². The van der Waals surface area contributed by atoms with Gasteiger partial charge in [-0.15, -0.1) is 0 Å². The van der Waals surface area contributed by atoms with Gasteiger partial charge in [0, 0.05) is 45.3 Å². The summed E-state index contributed by atoms with van der Waals surface area (Å²) in [6.45, 7) is 3.00. The van der Waals surface area contributed by atoms with Crippen LogP contribution in [-0.2, 0) is 16.1 Å². The summed E-state index contributed by atoms with van der Waals surface area (Å²) in [5.41, 5.74) is 1.84. The number of likely N-dealkylation sites (tertiary alicyclic amines) is 1. The lowest BCUT2D eigenvalue weighted by molar-refractivity contribution is -0.131. The molecule has 0 aromatic carbocycles. The largest absolute Gasteiger partial charge is 0.383 e. The number of carbonyl (C=O) groups is 1. The molecule has 0 N–H and O–H groups in total. The van der Waals surface area contributed by atoms with Gasteiger partial charge in [-0.1, -0.05) is 19.3 Å². The zero-order valence-corrected chi connectivity index (χ0v) is 16.3. The number of carbonyl (C=O) groups excluding carboxylic acids is 1. The van der Waals surface area contributed by atoms with Gasteiger partial charge >= 0.3 is 0 Å². The van der Waals surface area contributed by atoms with Crippen molar-refractivity contribution >= 4 is 17.1 Å². The van der Waals surface area contributed by atoms with E-state index in [-0.39, 0.29) is 5.92 Å². The molecule has 1 saturated heterocycles. The summed E-state index contributed by atoms with van der Waals surface area (Å²) in [5.74, 6) is 2.27. The Bertz CT molecular complexity index is 782. The number of hydrogen-bond acceptors (Lipinski definition) is 4. The Morgan fingerprint density at radius 1 is 1.26 bits per heavy atom. The van der Waals surface area contributed by atoms with Gasteiger partial charge in [0.15, 0.2) is 5.65 Å². The molecular weight excluding hydrogens is 340 g/mol. The summed E-state index contributed by atoms with van der Waals surface area (Å²) in [6, 6.07) is 3.94. The number of rotatable bonds is 6. The molecule has 1 atom stereocenters. The van der Waals surface area contributed by atoms with E-state index in [1.54, 1.807) is 7.11 Å². The van der Waals surface area contributed by atoms with Crippen molar-refractivity contribution in [3.8, 4) is 0 Å². The van der Waals surface area contributed by atoms with Gasteiger partial charge in [0.1, 0.15) is 11.3 Å². The average molecular weight is 370 g/mol. The Morgan fingerprint density at radius 3 is 2.93 bits per heavy atom. The van der Waals surface area contributed by atoms with Crippen LogP contribution in [-0.4, -0.2) is 52.1 Å². The zero-order valence-electron chi connectivity index (χ0n) is 16.3. The smallest absolute Gasteiger partial charge is 0.222 e. The first-order valence-corrected chi connectivity index (χ1v) is 10.3. The molecule has 0 radical (unpaired) electrons. The van der Waals surface area contributed by atoms with E-state index < -0.39 is 0 Å². The summed E-state index contributed by atoms with van der Waals surface area (Å²) in [6.07, 6.45) is 9.88. The predicted octanol–water partition coefficient (Wildman–Crippen LogP) is 3.36. The van der Waals surface area contributed by atoms with Crippen molar-refractivity contribution in [1.29, 1.82) is 0 Å². The SMILES string of the molecule is COCCn1c([C@H]2CCN(C(=O)CC3CCCCC3)C2)nc2cccnc21. The van der Waals surface area contributed by atoms with Gasteiger partial charge in [-0.2, -0.15) is 0 Å². The molecule has 27 heavy (non-hydrogen) atoms. The van der Waals surface area contributed by atoms with Gasteiger partial charge in [-0.05, 0) is 37.3 Å². The molecule has 6 heteroatoms. The second-order valence-electron chi connectivity index (χ2n) is 7.99. The lowest BCUT2D eigenvalue weighted by atomic mass is 9.87. The Hall–Kier alpha value is -1.95. The first-order chi connectivity index (χ1) is 13.3.